The Balaban J connectivity index is 2.28. The minimum absolute atomic E-state index is 0.0436. The smallest absolute Gasteiger partial charge is 0.260 e. The molecule has 3 aromatic rings. The highest BCUT2D eigenvalue weighted by Gasteiger charge is 2.11. The van der Waals surface area contributed by atoms with E-state index in [1.807, 2.05) is 18.3 Å². The number of hydrogen-bond acceptors (Lipinski definition) is 2. The van der Waals surface area contributed by atoms with E-state index >= 15 is 0 Å². The van der Waals surface area contributed by atoms with Crippen LogP contribution < -0.4 is 5.56 Å². The van der Waals surface area contributed by atoms with Gasteiger partial charge >= 0.3 is 0 Å². The van der Waals surface area contributed by atoms with Crippen LogP contribution >= 0.6 is 0 Å². The second kappa shape index (κ2) is 6.32. The molecule has 118 valence electrons. The first kappa shape index (κ1) is 15.4. The van der Waals surface area contributed by atoms with Crippen molar-refractivity contribution in [2.75, 3.05) is 0 Å². The highest BCUT2D eigenvalue weighted by molar-refractivity contribution is 5.95. The first-order valence-corrected chi connectivity index (χ1v) is 7.85. The van der Waals surface area contributed by atoms with Gasteiger partial charge in [0.15, 0.2) is 0 Å². The Morgan fingerprint density at radius 2 is 2.04 bits per heavy atom. The van der Waals surface area contributed by atoms with Gasteiger partial charge in [0.2, 0.25) is 0 Å². The Morgan fingerprint density at radius 1 is 1.22 bits per heavy atom. The predicted molar refractivity (Wildman–Crippen MR) is 91.0 cm³/mol. The van der Waals surface area contributed by atoms with Gasteiger partial charge in [0.1, 0.15) is 5.82 Å². The van der Waals surface area contributed by atoms with E-state index in [2.05, 4.69) is 11.9 Å². The summed E-state index contributed by atoms with van der Waals surface area (Å²) in [6, 6.07) is 6.99. The van der Waals surface area contributed by atoms with E-state index in [4.69, 9.17) is 0 Å². The maximum atomic E-state index is 14.0. The summed E-state index contributed by atoms with van der Waals surface area (Å²) in [4.78, 5) is 16.7. The van der Waals surface area contributed by atoms with Gasteiger partial charge in [-0.15, -0.1) is 0 Å². The average Bonchev–Trinajstić information content (AvgIpc) is 2.57. The lowest BCUT2D eigenvalue weighted by atomic mass is 10.0. The zero-order valence-electron chi connectivity index (χ0n) is 13.3. The molecule has 0 spiro atoms. The lowest BCUT2D eigenvalue weighted by Gasteiger charge is -2.12. The molecule has 0 atom stereocenters. The molecule has 23 heavy (non-hydrogen) atoms. The van der Waals surface area contributed by atoms with Gasteiger partial charge in [0.25, 0.3) is 5.56 Å². The molecule has 0 aliphatic carbocycles. The molecule has 4 heteroatoms. The molecule has 0 bridgehead atoms. The highest BCUT2D eigenvalue weighted by atomic mass is 19.1. The minimum Gasteiger partial charge on any atom is -0.314 e. The normalized spacial score (nSPS) is 11.1. The van der Waals surface area contributed by atoms with Crippen LogP contribution in [-0.4, -0.2) is 9.55 Å². The van der Waals surface area contributed by atoms with Crippen LogP contribution in [0.25, 0.3) is 21.9 Å². The summed E-state index contributed by atoms with van der Waals surface area (Å²) in [6.45, 7) is 4.48. The summed E-state index contributed by atoms with van der Waals surface area (Å²) < 4.78 is 15.7. The highest BCUT2D eigenvalue weighted by Crippen LogP contribution is 2.27. The van der Waals surface area contributed by atoms with Gasteiger partial charge in [-0.25, -0.2) is 4.39 Å². The second-order valence-electron chi connectivity index (χ2n) is 5.78. The molecule has 0 saturated heterocycles. The summed E-state index contributed by atoms with van der Waals surface area (Å²) in [5.74, 6) is -0.240. The number of halogens is 1. The van der Waals surface area contributed by atoms with E-state index in [0.717, 1.165) is 29.4 Å². The van der Waals surface area contributed by atoms with E-state index in [1.54, 1.807) is 30.0 Å². The third-order valence-corrected chi connectivity index (χ3v) is 4.12. The monoisotopic (exact) mass is 310 g/mol. The zero-order valence-corrected chi connectivity index (χ0v) is 13.3. The van der Waals surface area contributed by atoms with Crippen molar-refractivity contribution in [1.82, 2.24) is 9.55 Å². The van der Waals surface area contributed by atoms with Crippen LogP contribution in [0.4, 0.5) is 4.39 Å². The Morgan fingerprint density at radius 3 is 2.78 bits per heavy atom. The SMILES string of the molecule is CCCCn1cc(-c2ccc(C)c(F)c2)c2ccncc2c1=O. The standard InChI is InChI=1S/C19H19FN2O/c1-3-4-9-22-12-17(14-6-5-13(2)18(20)10-14)15-7-8-21-11-16(15)19(22)23/h5-8,10-12H,3-4,9H2,1-2H3. The van der Waals surface area contributed by atoms with Crippen molar-refractivity contribution in [3.8, 4) is 11.1 Å². The van der Waals surface area contributed by atoms with Crippen LogP contribution in [-0.2, 0) is 6.54 Å². The topological polar surface area (TPSA) is 34.9 Å². The molecule has 0 aliphatic rings. The zero-order chi connectivity index (χ0) is 16.4. The number of aromatic nitrogens is 2. The number of fused-ring (bicyclic) bond motifs is 1. The van der Waals surface area contributed by atoms with Gasteiger partial charge in [-0.1, -0.05) is 25.5 Å². The maximum Gasteiger partial charge on any atom is 0.260 e. The third-order valence-electron chi connectivity index (χ3n) is 4.12. The lowest BCUT2D eigenvalue weighted by Crippen LogP contribution is -2.20. The van der Waals surface area contributed by atoms with Crippen LogP contribution in [0.1, 0.15) is 25.3 Å². The van der Waals surface area contributed by atoms with Gasteiger partial charge < -0.3 is 4.57 Å². The molecule has 0 saturated carbocycles. The van der Waals surface area contributed by atoms with Crippen LogP contribution in [0.5, 0.6) is 0 Å². The van der Waals surface area contributed by atoms with Crippen molar-refractivity contribution in [2.45, 2.75) is 33.2 Å². The first-order valence-electron chi connectivity index (χ1n) is 7.85. The summed E-state index contributed by atoms with van der Waals surface area (Å²) in [5, 5.41) is 1.38. The maximum absolute atomic E-state index is 14.0. The summed E-state index contributed by atoms with van der Waals surface area (Å²) >= 11 is 0. The number of hydrogen-bond donors (Lipinski definition) is 0. The number of aryl methyl sites for hydroxylation is 2. The van der Waals surface area contributed by atoms with Crippen LogP contribution in [0, 0.1) is 12.7 Å². The van der Waals surface area contributed by atoms with E-state index in [0.29, 0.717) is 17.5 Å². The molecule has 0 fully saturated rings. The molecule has 2 aromatic heterocycles. The van der Waals surface area contributed by atoms with Crippen molar-refractivity contribution in [3.05, 3.63) is 64.6 Å². The van der Waals surface area contributed by atoms with E-state index < -0.39 is 0 Å². The molecule has 0 N–H and O–H groups in total. The molecule has 0 aliphatic heterocycles. The quantitative estimate of drug-likeness (QED) is 0.719. The van der Waals surface area contributed by atoms with Crippen molar-refractivity contribution < 1.29 is 4.39 Å². The fourth-order valence-electron chi connectivity index (χ4n) is 2.72. The number of rotatable bonds is 4. The average molecular weight is 310 g/mol. The molecule has 0 unspecified atom stereocenters. The van der Waals surface area contributed by atoms with Crippen molar-refractivity contribution in [2.24, 2.45) is 0 Å². The number of unbranched alkanes of at least 4 members (excludes halogenated alkanes) is 1. The molecule has 2 heterocycles. The van der Waals surface area contributed by atoms with Gasteiger partial charge in [0.05, 0.1) is 5.39 Å². The summed E-state index contributed by atoms with van der Waals surface area (Å²) in [7, 11) is 0. The Labute approximate surface area is 134 Å². The van der Waals surface area contributed by atoms with Gasteiger partial charge in [-0.2, -0.15) is 0 Å². The summed E-state index contributed by atoms with van der Waals surface area (Å²) in [5.41, 5.74) is 2.20. The van der Waals surface area contributed by atoms with Crippen LogP contribution in [0.2, 0.25) is 0 Å². The summed E-state index contributed by atoms with van der Waals surface area (Å²) in [6.07, 6.45) is 7.02. The van der Waals surface area contributed by atoms with Gasteiger partial charge in [0, 0.05) is 30.7 Å². The van der Waals surface area contributed by atoms with E-state index in [9.17, 15) is 9.18 Å². The molecular formula is C19H19FN2O. The van der Waals surface area contributed by atoms with Gasteiger partial charge in [-0.05, 0) is 42.0 Å². The van der Waals surface area contributed by atoms with Crippen molar-refractivity contribution in [1.29, 1.82) is 0 Å². The third kappa shape index (κ3) is 2.89. The van der Waals surface area contributed by atoms with E-state index in [1.165, 1.54) is 6.07 Å². The number of benzene rings is 1. The minimum atomic E-state index is -0.240. The Kier molecular flexibility index (Phi) is 4.24. The number of nitrogens with zero attached hydrogens (tertiary/aromatic N) is 2. The van der Waals surface area contributed by atoms with E-state index in [-0.39, 0.29) is 11.4 Å². The first-order chi connectivity index (χ1) is 11.1. The van der Waals surface area contributed by atoms with Crippen molar-refractivity contribution in [3.63, 3.8) is 0 Å². The Bertz CT molecular complexity index is 915. The van der Waals surface area contributed by atoms with Crippen LogP contribution in [0.3, 0.4) is 0 Å². The number of pyridine rings is 2. The Hall–Kier alpha value is -2.49. The fourth-order valence-corrected chi connectivity index (χ4v) is 2.72. The second-order valence-corrected chi connectivity index (χ2v) is 5.78. The predicted octanol–water partition coefficient (Wildman–Crippen LogP) is 4.31. The molecule has 1 aromatic carbocycles. The van der Waals surface area contributed by atoms with Crippen molar-refractivity contribution >= 4 is 10.8 Å². The molecule has 3 rings (SSSR count). The molecule has 0 radical (unpaired) electrons. The van der Waals surface area contributed by atoms with Crippen LogP contribution in [0.15, 0.2) is 47.7 Å². The lowest BCUT2D eigenvalue weighted by molar-refractivity contribution is 0.616. The molecule has 0 amide bonds. The molecule has 3 nitrogen and oxygen atoms in total. The molecular weight excluding hydrogens is 291 g/mol. The van der Waals surface area contributed by atoms with Gasteiger partial charge in [-0.3, -0.25) is 9.78 Å². The fraction of sp³-hybridized carbons (Fsp3) is 0.263. The largest absolute Gasteiger partial charge is 0.314 e.